The van der Waals surface area contributed by atoms with Gasteiger partial charge in [-0.1, -0.05) is 0 Å². The molecular formula is C14H20FNO3. The molecule has 1 aliphatic carbocycles. The molecule has 1 saturated carbocycles. The molecule has 2 N–H and O–H groups in total. The summed E-state index contributed by atoms with van der Waals surface area (Å²) in [5.41, 5.74) is 0.658. The van der Waals surface area contributed by atoms with Gasteiger partial charge in [0, 0.05) is 19.2 Å². The summed E-state index contributed by atoms with van der Waals surface area (Å²) in [5, 5.41) is 12.8. The Hall–Kier alpha value is -1.33. The van der Waals surface area contributed by atoms with Gasteiger partial charge < -0.3 is 19.9 Å². The molecule has 1 aliphatic rings. The molecule has 0 aromatic heterocycles. The zero-order valence-corrected chi connectivity index (χ0v) is 11.1. The number of hydrogen-bond donors (Lipinski definition) is 2. The van der Waals surface area contributed by atoms with Crippen LogP contribution in [0.3, 0.4) is 0 Å². The van der Waals surface area contributed by atoms with E-state index in [1.54, 1.807) is 6.07 Å². The van der Waals surface area contributed by atoms with E-state index in [0.29, 0.717) is 30.5 Å². The highest BCUT2D eigenvalue weighted by atomic mass is 19.1. The first-order chi connectivity index (χ1) is 9.19. The number of nitrogens with one attached hydrogen (secondary N) is 1. The topological polar surface area (TPSA) is 50.7 Å². The number of halogens is 1. The van der Waals surface area contributed by atoms with Crippen molar-refractivity contribution >= 4 is 5.69 Å². The lowest BCUT2D eigenvalue weighted by Gasteiger charge is -2.15. The number of benzene rings is 1. The summed E-state index contributed by atoms with van der Waals surface area (Å²) in [6, 6.07) is 4.24. The zero-order chi connectivity index (χ0) is 13.7. The number of hydrogen-bond acceptors (Lipinski definition) is 4. The van der Waals surface area contributed by atoms with Gasteiger partial charge in [-0.2, -0.15) is 0 Å². The molecule has 19 heavy (non-hydrogen) atoms. The van der Waals surface area contributed by atoms with E-state index >= 15 is 0 Å². The molecular weight excluding hydrogens is 249 g/mol. The van der Waals surface area contributed by atoms with Crippen LogP contribution in [-0.4, -0.2) is 38.1 Å². The Balaban J connectivity index is 1.73. The largest absolute Gasteiger partial charge is 0.494 e. The fourth-order valence-electron chi connectivity index (χ4n) is 1.75. The predicted molar refractivity (Wildman–Crippen MR) is 71.0 cm³/mol. The van der Waals surface area contributed by atoms with Gasteiger partial charge in [0.2, 0.25) is 0 Å². The molecule has 1 fully saturated rings. The molecule has 1 aromatic rings. The third kappa shape index (κ3) is 4.69. The number of rotatable bonds is 8. The van der Waals surface area contributed by atoms with Gasteiger partial charge >= 0.3 is 0 Å². The van der Waals surface area contributed by atoms with Crippen molar-refractivity contribution in [2.24, 2.45) is 5.92 Å². The Kier molecular flexibility index (Phi) is 4.99. The van der Waals surface area contributed by atoms with Gasteiger partial charge in [-0.15, -0.1) is 0 Å². The summed E-state index contributed by atoms with van der Waals surface area (Å²) in [4.78, 5) is 0. The highest BCUT2D eigenvalue weighted by Crippen LogP contribution is 2.28. The predicted octanol–water partition coefficient (Wildman–Crippen LogP) is 2.03. The van der Waals surface area contributed by atoms with Gasteiger partial charge in [-0.05, 0) is 30.9 Å². The van der Waals surface area contributed by atoms with Crippen molar-refractivity contribution in [3.8, 4) is 5.75 Å². The van der Waals surface area contributed by atoms with Gasteiger partial charge in [-0.3, -0.25) is 0 Å². The lowest BCUT2D eigenvalue weighted by Crippen LogP contribution is -2.25. The normalized spacial score (nSPS) is 16.2. The molecule has 5 heteroatoms. The first kappa shape index (κ1) is 14.1. The summed E-state index contributed by atoms with van der Waals surface area (Å²) >= 11 is 0. The van der Waals surface area contributed by atoms with E-state index in [0.717, 1.165) is 6.61 Å². The number of aliphatic hydroxyl groups excluding tert-OH is 1. The van der Waals surface area contributed by atoms with Gasteiger partial charge in [0.05, 0.1) is 25.5 Å². The Labute approximate surface area is 112 Å². The van der Waals surface area contributed by atoms with Crippen LogP contribution in [0.1, 0.15) is 12.8 Å². The molecule has 1 aromatic carbocycles. The van der Waals surface area contributed by atoms with Crippen molar-refractivity contribution in [2.45, 2.75) is 18.9 Å². The second-order valence-electron chi connectivity index (χ2n) is 4.86. The number of methoxy groups -OCH3 is 1. The highest BCUT2D eigenvalue weighted by molar-refractivity contribution is 5.56. The SMILES string of the molecule is COc1cc(F)ccc1NCC(O)COCC1CC1. The van der Waals surface area contributed by atoms with E-state index in [4.69, 9.17) is 9.47 Å². The molecule has 0 amide bonds. The smallest absolute Gasteiger partial charge is 0.144 e. The molecule has 0 heterocycles. The van der Waals surface area contributed by atoms with E-state index in [-0.39, 0.29) is 5.82 Å². The fourth-order valence-corrected chi connectivity index (χ4v) is 1.75. The van der Waals surface area contributed by atoms with Gasteiger partial charge in [0.25, 0.3) is 0 Å². The van der Waals surface area contributed by atoms with Crippen LogP contribution in [0.15, 0.2) is 18.2 Å². The van der Waals surface area contributed by atoms with Crippen LogP contribution in [0.25, 0.3) is 0 Å². The summed E-state index contributed by atoms with van der Waals surface area (Å²) in [6.45, 7) is 1.39. The van der Waals surface area contributed by atoms with Crippen LogP contribution in [0.2, 0.25) is 0 Å². The Morgan fingerprint density at radius 2 is 2.26 bits per heavy atom. The number of anilines is 1. The van der Waals surface area contributed by atoms with Crippen LogP contribution in [0.4, 0.5) is 10.1 Å². The first-order valence-corrected chi connectivity index (χ1v) is 6.52. The standard InChI is InChI=1S/C14H20FNO3/c1-18-14-6-11(15)4-5-13(14)16-7-12(17)9-19-8-10-2-3-10/h4-6,10,12,16-17H,2-3,7-9H2,1H3. The minimum atomic E-state index is -0.589. The van der Waals surface area contributed by atoms with Crippen molar-refractivity contribution in [1.82, 2.24) is 0 Å². The van der Waals surface area contributed by atoms with Crippen molar-refractivity contribution in [3.05, 3.63) is 24.0 Å². The second-order valence-corrected chi connectivity index (χ2v) is 4.86. The number of ether oxygens (including phenoxy) is 2. The molecule has 1 atom stereocenters. The Morgan fingerprint density at radius 1 is 1.47 bits per heavy atom. The maximum atomic E-state index is 13.0. The van der Waals surface area contributed by atoms with Crippen LogP contribution < -0.4 is 10.1 Å². The van der Waals surface area contributed by atoms with Crippen molar-refractivity contribution < 1.29 is 19.0 Å². The van der Waals surface area contributed by atoms with Crippen LogP contribution in [0.5, 0.6) is 5.75 Å². The first-order valence-electron chi connectivity index (χ1n) is 6.52. The molecule has 4 nitrogen and oxygen atoms in total. The second kappa shape index (κ2) is 6.73. The van der Waals surface area contributed by atoms with E-state index in [9.17, 15) is 9.50 Å². The Morgan fingerprint density at radius 3 is 2.95 bits per heavy atom. The Bertz CT molecular complexity index is 410. The van der Waals surface area contributed by atoms with Crippen molar-refractivity contribution in [1.29, 1.82) is 0 Å². The van der Waals surface area contributed by atoms with E-state index in [1.807, 2.05) is 0 Å². The van der Waals surface area contributed by atoms with Crippen molar-refractivity contribution in [3.63, 3.8) is 0 Å². The minimum absolute atomic E-state index is 0.313. The lowest BCUT2D eigenvalue weighted by molar-refractivity contribution is 0.0386. The maximum absolute atomic E-state index is 13.0. The lowest BCUT2D eigenvalue weighted by atomic mass is 10.2. The van der Waals surface area contributed by atoms with E-state index < -0.39 is 6.10 Å². The molecule has 0 bridgehead atoms. The summed E-state index contributed by atoms with van der Waals surface area (Å²) in [6.07, 6.45) is 1.89. The van der Waals surface area contributed by atoms with E-state index in [2.05, 4.69) is 5.32 Å². The molecule has 0 spiro atoms. The molecule has 1 unspecified atom stereocenters. The van der Waals surface area contributed by atoms with Gasteiger partial charge in [0.15, 0.2) is 0 Å². The van der Waals surface area contributed by atoms with Crippen LogP contribution >= 0.6 is 0 Å². The third-order valence-electron chi connectivity index (χ3n) is 3.05. The monoisotopic (exact) mass is 269 g/mol. The fraction of sp³-hybridized carbons (Fsp3) is 0.571. The molecule has 0 aliphatic heterocycles. The molecule has 106 valence electrons. The average molecular weight is 269 g/mol. The summed E-state index contributed by atoms with van der Waals surface area (Å²) < 4.78 is 23.5. The molecule has 0 radical (unpaired) electrons. The van der Waals surface area contributed by atoms with Crippen molar-refractivity contribution in [2.75, 3.05) is 32.2 Å². The van der Waals surface area contributed by atoms with Crippen LogP contribution in [-0.2, 0) is 4.74 Å². The third-order valence-corrected chi connectivity index (χ3v) is 3.05. The van der Waals surface area contributed by atoms with Crippen LogP contribution in [0, 0.1) is 11.7 Å². The zero-order valence-electron chi connectivity index (χ0n) is 11.1. The summed E-state index contributed by atoms with van der Waals surface area (Å²) in [7, 11) is 1.48. The molecule has 0 saturated heterocycles. The van der Waals surface area contributed by atoms with E-state index in [1.165, 1.54) is 32.1 Å². The molecule has 2 rings (SSSR count). The minimum Gasteiger partial charge on any atom is -0.494 e. The highest BCUT2D eigenvalue weighted by Gasteiger charge is 2.21. The number of aliphatic hydroxyl groups is 1. The summed E-state index contributed by atoms with van der Waals surface area (Å²) in [5.74, 6) is 0.763. The van der Waals surface area contributed by atoms with Gasteiger partial charge in [-0.25, -0.2) is 4.39 Å². The average Bonchev–Trinajstić information content (AvgIpc) is 3.21. The maximum Gasteiger partial charge on any atom is 0.144 e. The van der Waals surface area contributed by atoms with Gasteiger partial charge in [0.1, 0.15) is 11.6 Å². The quantitative estimate of drug-likeness (QED) is 0.758.